The van der Waals surface area contributed by atoms with E-state index in [4.69, 9.17) is 0 Å². The first-order valence-electron chi connectivity index (χ1n) is 10.5. The number of nitrogens with zero attached hydrogens (tertiary/aromatic N) is 2. The maximum atomic E-state index is 13.5. The molecule has 2 unspecified atom stereocenters. The van der Waals surface area contributed by atoms with Gasteiger partial charge in [-0.1, -0.05) is 82.1 Å². The van der Waals surface area contributed by atoms with E-state index in [2.05, 4.69) is 97.6 Å². The van der Waals surface area contributed by atoms with Gasteiger partial charge in [-0.2, -0.15) is 0 Å². The van der Waals surface area contributed by atoms with Crippen molar-refractivity contribution in [3.8, 4) is 11.5 Å². The number of β-lactam (4-membered cyclic amide) rings is 1. The monoisotopic (exact) mass is 428 g/mol. The van der Waals surface area contributed by atoms with E-state index >= 15 is 0 Å². The van der Waals surface area contributed by atoms with Gasteiger partial charge < -0.3 is 9.13 Å². The molecule has 3 nitrogen and oxygen atoms in total. The number of benzene rings is 1. The zero-order valence-corrected chi connectivity index (χ0v) is 21.8. The van der Waals surface area contributed by atoms with Gasteiger partial charge in [0.05, 0.1) is 6.04 Å². The first-order valence-corrected chi connectivity index (χ1v) is 20.4. The van der Waals surface area contributed by atoms with E-state index in [1.165, 1.54) is 17.7 Å². The molecule has 0 saturated carbocycles. The summed E-state index contributed by atoms with van der Waals surface area (Å²) in [5.74, 6) is 3.91. The predicted molar refractivity (Wildman–Crippen MR) is 127 cm³/mol. The van der Waals surface area contributed by atoms with Gasteiger partial charge in [-0.25, -0.2) is 0 Å². The van der Waals surface area contributed by atoms with E-state index in [-0.39, 0.29) is 18.1 Å². The molecule has 2 fully saturated rings. The van der Waals surface area contributed by atoms with Crippen LogP contribution in [-0.2, 0) is 4.79 Å². The standard InChI is InChI=1S/C22H36N2OSi3/c1-18(19-12-10-9-11-13-19)23-20(14-15-26(2,3)4)21(22(23)25)24-27(5,6)16-17-28(24,7)8/h9-13,18,20-21H,16-17H2,1-8H3/t18-,20?,21?/m1/s1. The Balaban J connectivity index is 1.99. The van der Waals surface area contributed by atoms with Gasteiger partial charge >= 0.3 is 0 Å². The van der Waals surface area contributed by atoms with Gasteiger partial charge in [0, 0.05) is 0 Å². The average molecular weight is 429 g/mol. The summed E-state index contributed by atoms with van der Waals surface area (Å²) in [7, 11) is -4.60. The molecule has 0 bridgehead atoms. The van der Waals surface area contributed by atoms with Crippen LogP contribution in [0.25, 0.3) is 0 Å². The van der Waals surface area contributed by atoms with Gasteiger partial charge in [-0.3, -0.25) is 4.79 Å². The lowest BCUT2D eigenvalue weighted by Crippen LogP contribution is -2.76. The van der Waals surface area contributed by atoms with Crippen LogP contribution in [0.2, 0.25) is 57.9 Å². The Bertz CT molecular complexity index is 789. The largest absolute Gasteiger partial charge is 0.332 e. The normalized spacial score (nSPS) is 27.7. The Morgan fingerprint density at radius 1 is 1.04 bits per heavy atom. The molecule has 2 saturated heterocycles. The highest BCUT2D eigenvalue weighted by Crippen LogP contribution is 2.44. The lowest BCUT2D eigenvalue weighted by molar-refractivity contribution is -0.153. The minimum Gasteiger partial charge on any atom is -0.332 e. The van der Waals surface area contributed by atoms with Crippen molar-refractivity contribution in [2.24, 2.45) is 0 Å². The summed E-state index contributed by atoms with van der Waals surface area (Å²) in [5, 5.41) is 0. The van der Waals surface area contributed by atoms with E-state index in [9.17, 15) is 4.79 Å². The maximum Gasteiger partial charge on any atom is 0.243 e. The van der Waals surface area contributed by atoms with Gasteiger partial charge in [0.1, 0.15) is 36.6 Å². The van der Waals surface area contributed by atoms with Crippen molar-refractivity contribution in [1.29, 1.82) is 0 Å². The van der Waals surface area contributed by atoms with E-state index in [1.54, 1.807) is 0 Å². The molecular formula is C22H36N2OSi3. The molecule has 1 aromatic rings. The summed E-state index contributed by atoms with van der Waals surface area (Å²) in [6.07, 6.45) is 0. The molecule has 3 rings (SSSR count). The van der Waals surface area contributed by atoms with Crippen molar-refractivity contribution >= 4 is 30.5 Å². The number of carbonyl (C=O) groups is 1. The molecule has 1 amide bonds. The smallest absolute Gasteiger partial charge is 0.243 e. The van der Waals surface area contributed by atoms with E-state index in [0.29, 0.717) is 5.91 Å². The molecular weight excluding hydrogens is 393 g/mol. The van der Waals surface area contributed by atoms with Crippen molar-refractivity contribution in [1.82, 2.24) is 9.13 Å². The molecule has 2 heterocycles. The fourth-order valence-corrected chi connectivity index (χ4v) is 20.1. The van der Waals surface area contributed by atoms with Crippen LogP contribution in [0.5, 0.6) is 0 Å². The molecule has 1 aromatic carbocycles. The minimum atomic E-state index is -1.55. The first kappa shape index (κ1) is 21.6. The third-order valence-corrected chi connectivity index (χ3v) is 17.5. The summed E-state index contributed by atoms with van der Waals surface area (Å²) in [5.41, 5.74) is 4.79. The summed E-state index contributed by atoms with van der Waals surface area (Å²) in [6.45, 7) is 18.8. The molecule has 28 heavy (non-hydrogen) atoms. The average Bonchev–Trinajstić information content (AvgIpc) is 2.81. The molecule has 6 heteroatoms. The number of hydrogen-bond donors (Lipinski definition) is 0. The first-order chi connectivity index (χ1) is 12.9. The van der Waals surface area contributed by atoms with Crippen LogP contribution in [0.4, 0.5) is 0 Å². The third-order valence-electron chi connectivity index (χ3n) is 6.33. The zero-order valence-electron chi connectivity index (χ0n) is 18.8. The minimum absolute atomic E-state index is 0.0131. The summed E-state index contributed by atoms with van der Waals surface area (Å²) >= 11 is 0. The fraction of sp³-hybridized carbons (Fsp3) is 0.591. The number of hydrogen-bond acceptors (Lipinski definition) is 2. The van der Waals surface area contributed by atoms with Crippen LogP contribution in [0.15, 0.2) is 30.3 Å². The molecule has 152 valence electrons. The van der Waals surface area contributed by atoms with E-state index in [0.717, 1.165) is 0 Å². The fourth-order valence-electron chi connectivity index (χ4n) is 4.93. The quantitative estimate of drug-likeness (QED) is 0.387. The third kappa shape index (κ3) is 3.95. The highest BCUT2D eigenvalue weighted by Gasteiger charge is 2.60. The number of carbonyl (C=O) groups excluding carboxylic acids is 1. The number of likely N-dealkylation sites (tertiary alicyclic amines) is 1. The Morgan fingerprint density at radius 2 is 1.57 bits per heavy atom. The molecule has 0 N–H and O–H groups in total. The topological polar surface area (TPSA) is 23.6 Å². The van der Waals surface area contributed by atoms with Crippen LogP contribution in [0, 0.1) is 11.5 Å². The number of rotatable bonds is 3. The molecule has 3 atom stereocenters. The second-order valence-electron chi connectivity index (χ2n) is 10.7. The van der Waals surface area contributed by atoms with Gasteiger partial charge in [0.25, 0.3) is 0 Å². The van der Waals surface area contributed by atoms with Crippen LogP contribution in [0.3, 0.4) is 0 Å². The Morgan fingerprint density at radius 3 is 2.07 bits per heavy atom. The van der Waals surface area contributed by atoms with Gasteiger partial charge in [0.15, 0.2) is 0 Å². The lowest BCUT2D eigenvalue weighted by Gasteiger charge is -2.56. The maximum absolute atomic E-state index is 13.5. The van der Waals surface area contributed by atoms with Gasteiger partial charge in [-0.05, 0) is 24.6 Å². The Hall–Kier alpha value is -1.14. The summed E-state index contributed by atoms with van der Waals surface area (Å²) in [4.78, 5) is 15.6. The van der Waals surface area contributed by atoms with Gasteiger partial charge in [-0.15, -0.1) is 5.54 Å². The zero-order chi connectivity index (χ0) is 20.9. The summed E-state index contributed by atoms with van der Waals surface area (Å²) in [6, 6.07) is 13.1. The molecule has 0 aromatic heterocycles. The molecule has 2 aliphatic heterocycles. The van der Waals surface area contributed by atoms with Crippen molar-refractivity contribution in [2.75, 3.05) is 0 Å². The predicted octanol–water partition coefficient (Wildman–Crippen LogP) is 4.93. The second-order valence-corrected chi connectivity index (χ2v) is 25.1. The highest BCUT2D eigenvalue weighted by molar-refractivity contribution is 6.95. The van der Waals surface area contributed by atoms with Crippen molar-refractivity contribution in [3.63, 3.8) is 0 Å². The van der Waals surface area contributed by atoms with Crippen LogP contribution in [0.1, 0.15) is 18.5 Å². The lowest BCUT2D eigenvalue weighted by atomic mass is 9.91. The van der Waals surface area contributed by atoms with E-state index in [1.807, 2.05) is 6.07 Å². The second kappa shape index (κ2) is 7.28. The van der Waals surface area contributed by atoms with Crippen molar-refractivity contribution in [3.05, 3.63) is 35.9 Å². The molecule has 0 spiro atoms. The molecule has 2 aliphatic rings. The number of amides is 1. The van der Waals surface area contributed by atoms with Crippen LogP contribution < -0.4 is 0 Å². The molecule has 0 aliphatic carbocycles. The molecule has 0 radical (unpaired) electrons. The van der Waals surface area contributed by atoms with Crippen LogP contribution >= 0.6 is 0 Å². The Labute approximate surface area is 174 Å². The summed E-state index contributed by atoms with van der Waals surface area (Å²) < 4.78 is 2.75. The van der Waals surface area contributed by atoms with Crippen LogP contribution in [-0.4, -0.2) is 51.7 Å². The van der Waals surface area contributed by atoms with Crippen molar-refractivity contribution in [2.45, 2.75) is 83.0 Å². The SMILES string of the molecule is C[C@H](c1ccccc1)N1C(=O)C(N2[Si](C)(C)CC[Si]2(C)C)C1C#C[Si](C)(C)C. The highest BCUT2D eigenvalue weighted by atomic mass is 28.4. The Kier molecular flexibility index (Phi) is 5.61. The van der Waals surface area contributed by atoms with E-state index < -0.39 is 24.5 Å². The van der Waals surface area contributed by atoms with Crippen molar-refractivity contribution < 1.29 is 4.79 Å². The van der Waals surface area contributed by atoms with Gasteiger partial charge in [0.2, 0.25) is 5.91 Å².